The molecule has 138 valence electrons. The van der Waals surface area contributed by atoms with Gasteiger partial charge >= 0.3 is 0 Å². The number of aromatic amines is 1. The predicted molar refractivity (Wildman–Crippen MR) is 97.2 cm³/mol. The quantitative estimate of drug-likeness (QED) is 0.427. The van der Waals surface area contributed by atoms with E-state index in [0.717, 1.165) is 25.7 Å². The van der Waals surface area contributed by atoms with E-state index >= 15 is 0 Å². The highest BCUT2D eigenvalue weighted by Crippen LogP contribution is 2.15. The maximum absolute atomic E-state index is 12.2. The Morgan fingerprint density at radius 1 is 1.27 bits per heavy atom. The summed E-state index contributed by atoms with van der Waals surface area (Å²) in [4.78, 5) is 0.196. The van der Waals surface area contributed by atoms with Crippen LogP contribution in [0.25, 0.3) is 5.57 Å². The molecule has 0 fully saturated rings. The zero-order valence-electron chi connectivity index (χ0n) is 14.4. The number of anilines is 1. The number of nitrogens with one attached hydrogen (secondary N) is 3. The first kappa shape index (κ1) is 19.6. The molecular weight excluding hydrogens is 354 g/mol. The molecule has 2 rings (SSSR count). The second kappa shape index (κ2) is 9.65. The van der Waals surface area contributed by atoms with Crippen molar-refractivity contribution in [1.29, 1.82) is 5.26 Å². The van der Waals surface area contributed by atoms with Crippen molar-refractivity contribution in [2.24, 2.45) is 0 Å². The van der Waals surface area contributed by atoms with Gasteiger partial charge < -0.3 is 5.32 Å². The summed E-state index contributed by atoms with van der Waals surface area (Å²) < 4.78 is 27.1. The zero-order valence-corrected chi connectivity index (χ0v) is 15.3. The Kier molecular flexibility index (Phi) is 7.25. The standard InChI is InChI=1S/C16H21N7O2S/c1-2-3-4-5-10-19-26(24,25)15-8-6-14(7-9-15)18-12-13(11-17)16-20-22-23-21-16/h6-9,12,18-19H,2-5,10H2,1H3,(H,20,21,22,23). The third kappa shape index (κ3) is 5.65. The highest BCUT2D eigenvalue weighted by molar-refractivity contribution is 7.89. The molecule has 9 nitrogen and oxygen atoms in total. The van der Waals surface area contributed by atoms with Crippen LogP contribution in [0.2, 0.25) is 0 Å². The van der Waals surface area contributed by atoms with Crippen molar-refractivity contribution in [3.63, 3.8) is 0 Å². The van der Waals surface area contributed by atoms with Crippen LogP contribution >= 0.6 is 0 Å². The van der Waals surface area contributed by atoms with E-state index in [0.29, 0.717) is 12.2 Å². The van der Waals surface area contributed by atoms with E-state index in [2.05, 4.69) is 37.6 Å². The van der Waals surface area contributed by atoms with Crippen molar-refractivity contribution in [1.82, 2.24) is 25.3 Å². The average molecular weight is 375 g/mol. The molecule has 0 radical (unpaired) electrons. The molecule has 10 heteroatoms. The van der Waals surface area contributed by atoms with Gasteiger partial charge in [-0.15, -0.1) is 10.2 Å². The van der Waals surface area contributed by atoms with Gasteiger partial charge in [0.05, 0.1) is 4.90 Å². The third-order valence-corrected chi connectivity index (χ3v) is 5.05. The van der Waals surface area contributed by atoms with Crippen LogP contribution in [-0.2, 0) is 10.0 Å². The molecule has 0 spiro atoms. The maximum atomic E-state index is 12.2. The van der Waals surface area contributed by atoms with E-state index in [1.54, 1.807) is 12.1 Å². The van der Waals surface area contributed by atoms with Crippen LogP contribution < -0.4 is 10.0 Å². The molecule has 0 aliphatic rings. The summed E-state index contributed by atoms with van der Waals surface area (Å²) in [6, 6.07) is 8.20. The van der Waals surface area contributed by atoms with Gasteiger partial charge in [0.25, 0.3) is 0 Å². The normalized spacial score (nSPS) is 11.9. The molecule has 0 atom stereocenters. The first-order chi connectivity index (χ1) is 12.6. The summed E-state index contributed by atoms with van der Waals surface area (Å²) in [6.45, 7) is 2.54. The van der Waals surface area contributed by atoms with Crippen LogP contribution in [0.3, 0.4) is 0 Å². The molecule has 0 aliphatic carbocycles. The minimum Gasteiger partial charge on any atom is -0.360 e. The molecule has 0 unspecified atom stereocenters. The van der Waals surface area contributed by atoms with Crippen molar-refractivity contribution in [3.05, 3.63) is 36.3 Å². The molecule has 0 bridgehead atoms. The van der Waals surface area contributed by atoms with Crippen LogP contribution in [0, 0.1) is 11.3 Å². The van der Waals surface area contributed by atoms with Gasteiger partial charge in [0.1, 0.15) is 11.6 Å². The lowest BCUT2D eigenvalue weighted by Gasteiger charge is -2.08. The highest BCUT2D eigenvalue weighted by atomic mass is 32.2. The Labute approximate surface area is 152 Å². The van der Waals surface area contributed by atoms with Crippen LogP contribution in [0.5, 0.6) is 0 Å². The Hall–Kier alpha value is -2.77. The summed E-state index contributed by atoms with van der Waals surface area (Å²) in [5.41, 5.74) is 0.826. The number of allylic oxidation sites excluding steroid dienone is 1. The Bertz CT molecular complexity index is 853. The summed E-state index contributed by atoms with van der Waals surface area (Å²) in [6.07, 6.45) is 5.47. The highest BCUT2D eigenvalue weighted by Gasteiger charge is 2.13. The van der Waals surface area contributed by atoms with Gasteiger partial charge in [-0.1, -0.05) is 26.2 Å². The number of unbranched alkanes of at least 4 members (excludes halogenated alkanes) is 3. The van der Waals surface area contributed by atoms with Crippen molar-refractivity contribution in [3.8, 4) is 6.07 Å². The minimum absolute atomic E-state index is 0.173. The van der Waals surface area contributed by atoms with Crippen LogP contribution in [-0.4, -0.2) is 35.6 Å². The Morgan fingerprint density at radius 2 is 2.04 bits per heavy atom. The summed E-state index contributed by atoms with van der Waals surface area (Å²) in [5.74, 6) is 0.173. The number of sulfonamides is 1. The van der Waals surface area contributed by atoms with Gasteiger partial charge in [-0.2, -0.15) is 10.5 Å². The monoisotopic (exact) mass is 375 g/mol. The number of benzene rings is 1. The van der Waals surface area contributed by atoms with E-state index in [4.69, 9.17) is 5.26 Å². The second-order valence-electron chi connectivity index (χ2n) is 5.53. The Balaban J connectivity index is 1.96. The van der Waals surface area contributed by atoms with Gasteiger partial charge in [0.15, 0.2) is 0 Å². The number of aromatic nitrogens is 4. The first-order valence-electron chi connectivity index (χ1n) is 8.27. The SMILES string of the molecule is CCCCCCNS(=O)(=O)c1ccc(NC=C(C#N)c2nn[nH]n2)cc1. The van der Waals surface area contributed by atoms with Crippen molar-refractivity contribution in [2.75, 3.05) is 11.9 Å². The average Bonchev–Trinajstić information content (AvgIpc) is 3.17. The molecule has 3 N–H and O–H groups in total. The molecular formula is C16H21N7O2S. The molecule has 2 aromatic rings. The summed E-state index contributed by atoms with van der Waals surface area (Å²) >= 11 is 0. The molecule has 0 saturated heterocycles. The topological polar surface area (TPSA) is 136 Å². The Morgan fingerprint density at radius 3 is 2.65 bits per heavy atom. The maximum Gasteiger partial charge on any atom is 0.240 e. The number of nitriles is 1. The van der Waals surface area contributed by atoms with E-state index in [-0.39, 0.29) is 16.3 Å². The number of tetrazole rings is 1. The summed E-state index contributed by atoms with van der Waals surface area (Å²) in [7, 11) is -3.51. The number of hydrogen-bond acceptors (Lipinski definition) is 7. The third-order valence-electron chi connectivity index (χ3n) is 3.58. The number of rotatable bonds is 10. The molecule has 26 heavy (non-hydrogen) atoms. The first-order valence-corrected chi connectivity index (χ1v) is 9.75. The van der Waals surface area contributed by atoms with Crippen molar-refractivity contribution in [2.45, 2.75) is 37.5 Å². The lowest BCUT2D eigenvalue weighted by atomic mass is 10.2. The largest absolute Gasteiger partial charge is 0.360 e. The molecule has 1 heterocycles. The van der Waals surface area contributed by atoms with E-state index in [1.807, 2.05) is 6.07 Å². The number of hydrogen-bond donors (Lipinski definition) is 3. The van der Waals surface area contributed by atoms with Crippen molar-refractivity contribution < 1.29 is 8.42 Å². The van der Waals surface area contributed by atoms with Crippen LogP contribution in [0.4, 0.5) is 5.69 Å². The van der Waals surface area contributed by atoms with E-state index < -0.39 is 10.0 Å². The molecule has 0 aliphatic heterocycles. The fourth-order valence-electron chi connectivity index (χ4n) is 2.15. The predicted octanol–water partition coefficient (Wildman–Crippen LogP) is 2.03. The molecule has 1 aromatic carbocycles. The van der Waals surface area contributed by atoms with Gasteiger partial charge in [-0.25, -0.2) is 13.1 Å². The van der Waals surface area contributed by atoms with Crippen LogP contribution in [0.1, 0.15) is 38.4 Å². The zero-order chi connectivity index (χ0) is 18.8. The molecule has 1 aromatic heterocycles. The van der Waals surface area contributed by atoms with E-state index in [9.17, 15) is 8.42 Å². The minimum atomic E-state index is -3.51. The number of nitrogens with zero attached hydrogens (tertiary/aromatic N) is 4. The van der Waals surface area contributed by atoms with E-state index in [1.165, 1.54) is 18.3 Å². The second-order valence-corrected chi connectivity index (χ2v) is 7.30. The summed E-state index contributed by atoms with van der Waals surface area (Å²) in [5, 5.41) is 25.1. The lowest BCUT2D eigenvalue weighted by molar-refractivity contribution is 0.573. The van der Waals surface area contributed by atoms with Gasteiger partial charge in [-0.3, -0.25) is 0 Å². The van der Waals surface area contributed by atoms with Gasteiger partial charge in [-0.05, 0) is 35.9 Å². The van der Waals surface area contributed by atoms with Crippen molar-refractivity contribution >= 4 is 21.3 Å². The fraction of sp³-hybridized carbons (Fsp3) is 0.375. The lowest BCUT2D eigenvalue weighted by Crippen LogP contribution is -2.24. The smallest absolute Gasteiger partial charge is 0.240 e. The van der Waals surface area contributed by atoms with Gasteiger partial charge in [0, 0.05) is 18.4 Å². The van der Waals surface area contributed by atoms with Crippen LogP contribution in [0.15, 0.2) is 35.4 Å². The fourth-order valence-corrected chi connectivity index (χ4v) is 3.22. The van der Waals surface area contributed by atoms with Gasteiger partial charge in [0.2, 0.25) is 15.8 Å². The molecule has 0 amide bonds. The number of H-pyrrole nitrogens is 1. The molecule has 0 saturated carbocycles.